The second-order valence-corrected chi connectivity index (χ2v) is 7.53. The fraction of sp³-hybridized carbons (Fsp3) is 0.0435. The molecule has 11 nitrogen and oxygen atoms in total. The van der Waals surface area contributed by atoms with Crippen LogP contribution < -0.4 is 10.2 Å². The van der Waals surface area contributed by atoms with E-state index in [0.29, 0.717) is 5.56 Å². The molecule has 4 rings (SSSR count). The van der Waals surface area contributed by atoms with Crippen molar-refractivity contribution in [1.29, 1.82) is 0 Å². The van der Waals surface area contributed by atoms with Crippen LogP contribution in [0, 0.1) is 10.1 Å². The van der Waals surface area contributed by atoms with Crippen molar-refractivity contribution in [1.82, 2.24) is 5.32 Å². The van der Waals surface area contributed by atoms with Gasteiger partial charge in [-0.15, -0.1) is 0 Å². The number of furan rings is 1. The van der Waals surface area contributed by atoms with Crippen LogP contribution in [-0.4, -0.2) is 35.8 Å². The van der Waals surface area contributed by atoms with Crippen LogP contribution in [-0.2, 0) is 14.3 Å². The van der Waals surface area contributed by atoms with Crippen molar-refractivity contribution >= 4 is 52.9 Å². The number of nitrogens with zero attached hydrogens (tertiary/aromatic N) is 2. The average Bonchev–Trinajstić information content (AvgIpc) is 3.30. The van der Waals surface area contributed by atoms with Crippen molar-refractivity contribution in [3.63, 3.8) is 0 Å². The van der Waals surface area contributed by atoms with Crippen LogP contribution in [0.4, 0.5) is 16.2 Å². The van der Waals surface area contributed by atoms with Gasteiger partial charge in [0.05, 0.1) is 23.3 Å². The summed E-state index contributed by atoms with van der Waals surface area (Å²) >= 11 is 5.83. The highest BCUT2D eigenvalue weighted by atomic mass is 35.5. The number of benzene rings is 2. The number of esters is 1. The molecule has 1 aromatic heterocycles. The van der Waals surface area contributed by atoms with Crippen LogP contribution in [0.2, 0.25) is 5.02 Å². The predicted molar refractivity (Wildman–Crippen MR) is 123 cm³/mol. The lowest BCUT2D eigenvalue weighted by molar-refractivity contribution is -0.384. The fourth-order valence-electron chi connectivity index (χ4n) is 3.29. The van der Waals surface area contributed by atoms with E-state index in [1.54, 1.807) is 0 Å². The molecule has 0 spiro atoms. The van der Waals surface area contributed by atoms with Crippen LogP contribution >= 0.6 is 11.6 Å². The monoisotopic (exact) mass is 495 g/mol. The van der Waals surface area contributed by atoms with Crippen molar-refractivity contribution in [3.8, 4) is 11.3 Å². The van der Waals surface area contributed by atoms with Gasteiger partial charge in [0, 0.05) is 11.6 Å². The molecular formula is C23H14ClN3O8. The van der Waals surface area contributed by atoms with Crippen molar-refractivity contribution in [2.24, 2.45) is 0 Å². The summed E-state index contributed by atoms with van der Waals surface area (Å²) in [5.74, 6) is -2.12. The number of barbiturate groups is 1. The number of nitro groups is 1. The lowest BCUT2D eigenvalue weighted by atomic mass is 10.1. The maximum atomic E-state index is 13.0. The molecule has 1 saturated heterocycles. The molecule has 0 bridgehead atoms. The molecule has 3 aromatic rings. The molecule has 4 amide bonds. The van der Waals surface area contributed by atoms with Crippen molar-refractivity contribution < 1.29 is 33.3 Å². The molecule has 12 heteroatoms. The van der Waals surface area contributed by atoms with Gasteiger partial charge in [0.1, 0.15) is 22.1 Å². The van der Waals surface area contributed by atoms with E-state index in [1.165, 1.54) is 61.7 Å². The summed E-state index contributed by atoms with van der Waals surface area (Å²) in [4.78, 5) is 60.6. The van der Waals surface area contributed by atoms with Crippen molar-refractivity contribution in [3.05, 3.63) is 86.6 Å². The molecule has 1 N–H and O–H groups in total. The maximum Gasteiger partial charge on any atom is 0.337 e. The number of hydrogen-bond donors (Lipinski definition) is 1. The zero-order valence-corrected chi connectivity index (χ0v) is 18.6. The SMILES string of the molecule is COC(=O)c1ccc(N2C(=O)NC(=O)/C(=C/c3ccc(-c4ccc(Cl)c([N+](=O)[O-])c4)o3)C2=O)cc1. The summed E-state index contributed by atoms with van der Waals surface area (Å²) in [5.41, 5.74) is -0.0161. The van der Waals surface area contributed by atoms with Gasteiger partial charge in [-0.25, -0.2) is 14.5 Å². The third-order valence-electron chi connectivity index (χ3n) is 4.99. The molecule has 0 atom stereocenters. The number of amides is 4. The summed E-state index contributed by atoms with van der Waals surface area (Å²) in [6, 6.07) is 11.5. The summed E-state index contributed by atoms with van der Waals surface area (Å²) in [5, 5.41) is 13.2. The highest BCUT2D eigenvalue weighted by molar-refractivity contribution is 6.39. The number of nitro benzene ring substituents is 1. The molecule has 35 heavy (non-hydrogen) atoms. The Morgan fingerprint density at radius 2 is 1.83 bits per heavy atom. The zero-order chi connectivity index (χ0) is 25.3. The summed E-state index contributed by atoms with van der Waals surface area (Å²) in [6.45, 7) is 0. The number of nitrogens with one attached hydrogen (secondary N) is 1. The molecule has 2 aromatic carbocycles. The molecule has 176 valence electrons. The molecule has 0 unspecified atom stereocenters. The number of carbonyl (C=O) groups excluding carboxylic acids is 4. The van der Waals surface area contributed by atoms with E-state index in [0.717, 1.165) is 11.0 Å². The minimum absolute atomic E-state index is 0.0403. The quantitative estimate of drug-likeness (QED) is 0.184. The van der Waals surface area contributed by atoms with E-state index < -0.39 is 28.7 Å². The zero-order valence-electron chi connectivity index (χ0n) is 17.8. The van der Waals surface area contributed by atoms with Gasteiger partial charge in [-0.3, -0.25) is 25.0 Å². The molecule has 1 aliphatic heterocycles. The Morgan fingerprint density at radius 3 is 2.49 bits per heavy atom. The lowest BCUT2D eigenvalue weighted by Crippen LogP contribution is -2.54. The molecule has 0 aliphatic carbocycles. The Kier molecular flexibility index (Phi) is 6.17. The van der Waals surface area contributed by atoms with Gasteiger partial charge in [0.2, 0.25) is 0 Å². The van der Waals surface area contributed by atoms with Crippen LogP contribution in [0.5, 0.6) is 0 Å². The molecule has 1 aliphatic rings. The first-order chi connectivity index (χ1) is 16.7. The Bertz CT molecular complexity index is 1420. The topological polar surface area (TPSA) is 149 Å². The maximum absolute atomic E-state index is 13.0. The van der Waals surface area contributed by atoms with Crippen LogP contribution in [0.25, 0.3) is 17.4 Å². The normalized spacial score (nSPS) is 14.7. The molecule has 0 radical (unpaired) electrons. The number of methoxy groups -OCH3 is 1. The standard InChI is InChI=1S/C23H14ClN3O8/c1-34-22(30)12-2-5-14(6-3-12)26-21(29)16(20(28)25-23(26)31)11-15-7-9-19(35-15)13-4-8-17(24)18(10-13)27(32)33/h2-11H,1H3,(H,25,28,31)/b16-11-. The van der Waals surface area contributed by atoms with Crippen molar-refractivity contribution in [2.75, 3.05) is 12.0 Å². The van der Waals surface area contributed by atoms with E-state index >= 15 is 0 Å². The average molecular weight is 496 g/mol. The van der Waals surface area contributed by atoms with Gasteiger partial charge in [-0.1, -0.05) is 11.6 Å². The summed E-state index contributed by atoms with van der Waals surface area (Å²) < 4.78 is 10.3. The minimum atomic E-state index is -0.962. The molecular weight excluding hydrogens is 482 g/mol. The first-order valence-corrected chi connectivity index (χ1v) is 10.2. The third kappa shape index (κ3) is 4.52. The number of anilines is 1. The Labute approximate surface area is 201 Å². The number of rotatable bonds is 5. The van der Waals surface area contributed by atoms with E-state index in [2.05, 4.69) is 10.1 Å². The fourth-order valence-corrected chi connectivity index (χ4v) is 3.48. The first-order valence-electron chi connectivity index (χ1n) is 9.83. The number of imide groups is 2. The van der Waals surface area contributed by atoms with E-state index in [1.807, 2.05) is 0 Å². The predicted octanol–water partition coefficient (Wildman–Crippen LogP) is 3.96. The second-order valence-electron chi connectivity index (χ2n) is 7.12. The van der Waals surface area contributed by atoms with Gasteiger partial charge < -0.3 is 9.15 Å². The third-order valence-corrected chi connectivity index (χ3v) is 5.31. The number of urea groups is 1. The Balaban J connectivity index is 1.64. The van der Waals surface area contributed by atoms with E-state index in [4.69, 9.17) is 16.0 Å². The first kappa shape index (κ1) is 23.4. The van der Waals surface area contributed by atoms with Crippen molar-refractivity contribution in [2.45, 2.75) is 0 Å². The van der Waals surface area contributed by atoms with Crippen LogP contribution in [0.15, 0.2) is 64.6 Å². The van der Waals surface area contributed by atoms with Gasteiger partial charge in [0.15, 0.2) is 0 Å². The summed E-state index contributed by atoms with van der Waals surface area (Å²) in [7, 11) is 1.22. The second kappa shape index (κ2) is 9.23. The van der Waals surface area contributed by atoms with Gasteiger partial charge in [-0.05, 0) is 54.6 Å². The largest absolute Gasteiger partial charge is 0.465 e. The van der Waals surface area contributed by atoms with E-state index in [-0.39, 0.29) is 39.1 Å². The van der Waals surface area contributed by atoms with Gasteiger partial charge in [0.25, 0.3) is 17.5 Å². The highest BCUT2D eigenvalue weighted by Gasteiger charge is 2.37. The highest BCUT2D eigenvalue weighted by Crippen LogP contribution is 2.32. The van der Waals surface area contributed by atoms with Gasteiger partial charge >= 0.3 is 12.0 Å². The lowest BCUT2D eigenvalue weighted by Gasteiger charge is -2.26. The number of ether oxygens (including phenoxy) is 1. The van der Waals surface area contributed by atoms with Crippen LogP contribution in [0.1, 0.15) is 16.1 Å². The molecule has 2 heterocycles. The number of halogens is 1. The molecule has 0 saturated carbocycles. The number of hydrogen-bond acceptors (Lipinski definition) is 8. The van der Waals surface area contributed by atoms with E-state index in [9.17, 15) is 29.3 Å². The van der Waals surface area contributed by atoms with Crippen LogP contribution in [0.3, 0.4) is 0 Å². The summed E-state index contributed by atoms with van der Waals surface area (Å²) in [6.07, 6.45) is 1.15. The molecule has 1 fully saturated rings. The smallest absolute Gasteiger partial charge is 0.337 e. The minimum Gasteiger partial charge on any atom is -0.465 e. The number of carbonyl (C=O) groups is 4. The Morgan fingerprint density at radius 1 is 1.11 bits per heavy atom. The van der Waals surface area contributed by atoms with Gasteiger partial charge in [-0.2, -0.15) is 0 Å². The Hall–Kier alpha value is -4.77.